The monoisotopic (exact) mass is 527 g/mol. The molecule has 1 aromatic carbocycles. The SMILES string of the molecule is CC(/C=C\C(=C/N)NC(=O)c1n[nH]c2ccc(-c3cncc(NC(=O)C4CC4)c3)cc12)C(=O)NC1CCCC1. The van der Waals surface area contributed by atoms with Crippen LogP contribution in [0.5, 0.6) is 0 Å². The van der Waals surface area contributed by atoms with Gasteiger partial charge in [0, 0.05) is 35.3 Å². The topological polar surface area (TPSA) is 155 Å². The standard InChI is InChI=1S/C29H33N7O3/c1-17(27(37)32-21-4-2-3-5-21)6-10-22(14-30)33-29(39)26-24-13-19(9-11-25(24)35-36-26)20-12-23(16-31-15-20)34-28(38)18-7-8-18/h6,9-18,21H,2-5,7-8,30H2,1H3,(H,32,37)(H,33,39)(H,34,38)(H,35,36)/b10-6-,22-14+. The van der Waals surface area contributed by atoms with Crippen molar-refractivity contribution < 1.29 is 14.4 Å². The molecule has 10 heteroatoms. The highest BCUT2D eigenvalue weighted by atomic mass is 16.2. The largest absolute Gasteiger partial charge is 0.403 e. The minimum absolute atomic E-state index is 0.0137. The van der Waals surface area contributed by atoms with Crippen LogP contribution in [0.4, 0.5) is 5.69 Å². The van der Waals surface area contributed by atoms with E-state index in [1.54, 1.807) is 31.5 Å². The molecule has 0 radical (unpaired) electrons. The molecule has 2 aliphatic rings. The Kier molecular flexibility index (Phi) is 7.72. The fraction of sp³-hybridized carbons (Fsp3) is 0.345. The molecule has 2 saturated carbocycles. The number of anilines is 1. The number of nitrogens with one attached hydrogen (secondary N) is 4. The third-order valence-electron chi connectivity index (χ3n) is 7.18. The van der Waals surface area contributed by atoms with E-state index in [0.717, 1.165) is 49.7 Å². The minimum Gasteiger partial charge on any atom is -0.403 e. The lowest BCUT2D eigenvalue weighted by Gasteiger charge is -2.14. The number of aromatic amines is 1. The summed E-state index contributed by atoms with van der Waals surface area (Å²) in [5, 5.41) is 16.5. The van der Waals surface area contributed by atoms with Gasteiger partial charge >= 0.3 is 0 Å². The zero-order valence-corrected chi connectivity index (χ0v) is 21.9. The molecule has 202 valence electrons. The molecular weight excluding hydrogens is 494 g/mol. The number of amides is 3. The van der Waals surface area contributed by atoms with Gasteiger partial charge in [0.05, 0.1) is 29.0 Å². The van der Waals surface area contributed by atoms with Gasteiger partial charge in [-0.25, -0.2) is 0 Å². The number of allylic oxidation sites excluding steroid dienone is 1. The van der Waals surface area contributed by atoms with Crippen LogP contribution in [-0.2, 0) is 9.59 Å². The molecule has 5 rings (SSSR count). The van der Waals surface area contributed by atoms with Crippen molar-refractivity contribution in [2.45, 2.75) is 51.5 Å². The molecule has 2 heterocycles. The Hall–Kier alpha value is -4.47. The van der Waals surface area contributed by atoms with Crippen molar-refractivity contribution in [3.05, 3.63) is 66.4 Å². The molecule has 3 aromatic rings. The third-order valence-corrected chi connectivity index (χ3v) is 7.18. The number of rotatable bonds is 9. The summed E-state index contributed by atoms with van der Waals surface area (Å²) in [5.74, 6) is -0.746. The van der Waals surface area contributed by atoms with E-state index in [0.29, 0.717) is 22.3 Å². The summed E-state index contributed by atoms with van der Waals surface area (Å²) in [6.45, 7) is 1.81. The van der Waals surface area contributed by atoms with Crippen LogP contribution >= 0.6 is 0 Å². The first-order valence-electron chi connectivity index (χ1n) is 13.4. The second-order valence-corrected chi connectivity index (χ2v) is 10.3. The average Bonchev–Trinajstić information content (AvgIpc) is 3.52. The third kappa shape index (κ3) is 6.34. The molecule has 2 fully saturated rings. The fourth-order valence-corrected chi connectivity index (χ4v) is 4.69. The van der Waals surface area contributed by atoms with Gasteiger partial charge in [0.2, 0.25) is 11.8 Å². The number of H-pyrrole nitrogens is 1. The molecule has 10 nitrogen and oxygen atoms in total. The van der Waals surface area contributed by atoms with Crippen molar-refractivity contribution in [3.8, 4) is 11.1 Å². The smallest absolute Gasteiger partial charge is 0.276 e. The van der Waals surface area contributed by atoms with E-state index in [4.69, 9.17) is 5.73 Å². The molecule has 0 bridgehead atoms. The molecule has 39 heavy (non-hydrogen) atoms. The second kappa shape index (κ2) is 11.5. The lowest BCUT2D eigenvalue weighted by molar-refractivity contribution is -0.123. The Morgan fingerprint density at radius 2 is 1.87 bits per heavy atom. The summed E-state index contributed by atoms with van der Waals surface area (Å²) in [6, 6.07) is 7.70. The molecular formula is C29H33N7O3. The molecule has 1 unspecified atom stereocenters. The molecule has 1 atom stereocenters. The van der Waals surface area contributed by atoms with Crippen molar-refractivity contribution in [1.82, 2.24) is 25.8 Å². The van der Waals surface area contributed by atoms with Crippen molar-refractivity contribution in [3.63, 3.8) is 0 Å². The normalized spacial score (nSPS) is 16.9. The first kappa shape index (κ1) is 26.1. The van der Waals surface area contributed by atoms with Gasteiger partial charge in [0.25, 0.3) is 5.91 Å². The molecule has 0 spiro atoms. The lowest BCUT2D eigenvalue weighted by atomic mass is 10.0. The highest BCUT2D eigenvalue weighted by Gasteiger charge is 2.29. The van der Waals surface area contributed by atoms with Gasteiger partial charge in [-0.15, -0.1) is 0 Å². The quantitative estimate of drug-likeness (QED) is 0.267. The zero-order valence-electron chi connectivity index (χ0n) is 21.9. The Labute approximate surface area is 226 Å². The Morgan fingerprint density at radius 3 is 2.62 bits per heavy atom. The first-order valence-corrected chi connectivity index (χ1v) is 13.4. The first-order chi connectivity index (χ1) is 18.9. The van der Waals surface area contributed by atoms with Gasteiger partial charge in [-0.05, 0) is 55.5 Å². The number of benzene rings is 1. The van der Waals surface area contributed by atoms with Crippen molar-refractivity contribution in [2.75, 3.05) is 5.32 Å². The minimum atomic E-state index is -0.439. The summed E-state index contributed by atoms with van der Waals surface area (Å²) >= 11 is 0. The Bertz CT molecular complexity index is 1450. The van der Waals surface area contributed by atoms with Crippen molar-refractivity contribution >= 4 is 34.3 Å². The predicted molar refractivity (Wildman–Crippen MR) is 149 cm³/mol. The van der Waals surface area contributed by atoms with Gasteiger partial charge in [0.15, 0.2) is 5.69 Å². The van der Waals surface area contributed by atoms with E-state index in [1.807, 2.05) is 24.3 Å². The maximum absolute atomic E-state index is 13.1. The zero-order chi connectivity index (χ0) is 27.4. The van der Waals surface area contributed by atoms with Crippen LogP contribution in [0.25, 0.3) is 22.0 Å². The van der Waals surface area contributed by atoms with Crippen LogP contribution in [0.1, 0.15) is 55.9 Å². The Balaban J connectivity index is 1.27. The van der Waals surface area contributed by atoms with Crippen LogP contribution in [0.2, 0.25) is 0 Å². The van der Waals surface area contributed by atoms with Crippen LogP contribution in [0.15, 0.2) is 60.7 Å². The Morgan fingerprint density at radius 1 is 1.08 bits per heavy atom. The highest BCUT2D eigenvalue weighted by molar-refractivity contribution is 6.06. The number of nitrogens with zero attached hydrogens (tertiary/aromatic N) is 2. The number of nitrogens with two attached hydrogens (primary N) is 1. The van der Waals surface area contributed by atoms with Gasteiger partial charge in [0.1, 0.15) is 0 Å². The average molecular weight is 528 g/mol. The van der Waals surface area contributed by atoms with Gasteiger partial charge in [-0.1, -0.05) is 31.9 Å². The molecule has 2 aromatic heterocycles. The van der Waals surface area contributed by atoms with Crippen LogP contribution in [0, 0.1) is 11.8 Å². The molecule has 0 saturated heterocycles. The number of hydrogen-bond acceptors (Lipinski definition) is 6. The van der Waals surface area contributed by atoms with E-state index < -0.39 is 5.91 Å². The van der Waals surface area contributed by atoms with E-state index in [1.165, 1.54) is 6.20 Å². The summed E-state index contributed by atoms with van der Waals surface area (Å²) in [5.41, 5.74) is 9.27. The van der Waals surface area contributed by atoms with Gasteiger partial charge < -0.3 is 21.7 Å². The number of carbonyl (C=O) groups is 3. The molecule has 0 aliphatic heterocycles. The molecule has 2 aliphatic carbocycles. The number of hydrogen-bond donors (Lipinski definition) is 5. The van der Waals surface area contributed by atoms with E-state index in [2.05, 4.69) is 31.1 Å². The molecule has 6 N–H and O–H groups in total. The molecule has 3 amide bonds. The van der Waals surface area contributed by atoms with Crippen LogP contribution in [-0.4, -0.2) is 38.9 Å². The number of pyridine rings is 1. The van der Waals surface area contributed by atoms with Gasteiger partial charge in [-0.2, -0.15) is 5.10 Å². The van der Waals surface area contributed by atoms with E-state index in [9.17, 15) is 14.4 Å². The van der Waals surface area contributed by atoms with Crippen molar-refractivity contribution in [2.24, 2.45) is 17.6 Å². The maximum Gasteiger partial charge on any atom is 0.276 e. The second-order valence-electron chi connectivity index (χ2n) is 10.3. The number of carbonyl (C=O) groups excluding carboxylic acids is 3. The van der Waals surface area contributed by atoms with Crippen LogP contribution < -0.4 is 21.7 Å². The van der Waals surface area contributed by atoms with E-state index >= 15 is 0 Å². The highest BCUT2D eigenvalue weighted by Crippen LogP contribution is 2.31. The number of aromatic nitrogens is 3. The summed E-state index contributed by atoms with van der Waals surface area (Å²) in [7, 11) is 0. The maximum atomic E-state index is 13.1. The van der Waals surface area contributed by atoms with Crippen LogP contribution in [0.3, 0.4) is 0 Å². The van der Waals surface area contributed by atoms with Crippen molar-refractivity contribution in [1.29, 1.82) is 0 Å². The fourth-order valence-electron chi connectivity index (χ4n) is 4.69. The predicted octanol–water partition coefficient (Wildman–Crippen LogP) is 3.75. The summed E-state index contributed by atoms with van der Waals surface area (Å²) < 4.78 is 0. The van der Waals surface area contributed by atoms with E-state index in [-0.39, 0.29) is 35.4 Å². The summed E-state index contributed by atoms with van der Waals surface area (Å²) in [6.07, 6.45) is 14.1. The lowest BCUT2D eigenvalue weighted by Crippen LogP contribution is -2.35. The van der Waals surface area contributed by atoms with Gasteiger partial charge in [-0.3, -0.25) is 24.5 Å². The number of fused-ring (bicyclic) bond motifs is 1. The summed E-state index contributed by atoms with van der Waals surface area (Å²) in [4.78, 5) is 42.0.